The maximum Gasteiger partial charge on any atom is 0.315 e. The van der Waals surface area contributed by atoms with Gasteiger partial charge in [-0.2, -0.15) is 11.8 Å². The van der Waals surface area contributed by atoms with Crippen LogP contribution in [0.25, 0.3) is 0 Å². The number of amides is 10. The molecule has 2 saturated heterocycles. The van der Waals surface area contributed by atoms with Gasteiger partial charge in [0.1, 0.15) is 18.1 Å². The molecule has 2 fully saturated rings. The molecule has 10 amide bonds. The Morgan fingerprint density at radius 2 is 1.47 bits per heavy atom. The molecule has 0 aromatic carbocycles. The Bertz CT molecular complexity index is 1500. The van der Waals surface area contributed by atoms with E-state index < -0.39 is 84.4 Å². The fraction of sp³-hybridized carbons (Fsp3) is 0.769. The molecule has 0 aliphatic carbocycles. The van der Waals surface area contributed by atoms with Crippen LogP contribution in [0.4, 0.5) is 4.79 Å². The molecule has 21 heteroatoms. The van der Waals surface area contributed by atoms with Crippen molar-refractivity contribution in [1.29, 1.82) is 0 Å². The monoisotopic (exact) mass is 868 g/mol. The summed E-state index contributed by atoms with van der Waals surface area (Å²) in [6, 6.07) is -2.95. The third kappa shape index (κ3) is 18.3. The van der Waals surface area contributed by atoms with E-state index >= 15 is 0 Å². The van der Waals surface area contributed by atoms with Crippen LogP contribution in [-0.4, -0.2) is 119 Å². The van der Waals surface area contributed by atoms with E-state index in [0.29, 0.717) is 43.9 Å². The number of unbranched alkanes of at least 4 members (excludes halogenated alkanes) is 2. The maximum atomic E-state index is 13.5. The third-order valence-electron chi connectivity index (χ3n) is 10.6. The molecular formula is C39H68N10O10S. The number of thioether (sulfide) groups is 1. The minimum absolute atomic E-state index is 0.0412. The van der Waals surface area contributed by atoms with Crippen LogP contribution in [-0.2, 0) is 38.4 Å². The highest BCUT2D eigenvalue weighted by Gasteiger charge is 2.42. The molecule has 0 saturated carbocycles. The second-order valence-corrected chi connectivity index (χ2v) is 17.7. The van der Waals surface area contributed by atoms with E-state index in [-0.39, 0.29) is 48.7 Å². The molecule has 60 heavy (non-hydrogen) atoms. The minimum Gasteiger partial charge on any atom is -0.368 e. The molecule has 2 rings (SSSR count). The van der Waals surface area contributed by atoms with E-state index in [9.17, 15) is 43.2 Å². The summed E-state index contributed by atoms with van der Waals surface area (Å²) in [7, 11) is 0. The van der Waals surface area contributed by atoms with Crippen LogP contribution in [0.1, 0.15) is 106 Å². The average molecular weight is 869 g/mol. The Morgan fingerprint density at radius 3 is 2.10 bits per heavy atom. The van der Waals surface area contributed by atoms with Gasteiger partial charge in [0.15, 0.2) is 0 Å². The normalized spacial score (nSPS) is 19.4. The zero-order valence-corrected chi connectivity index (χ0v) is 36.6. The zero-order valence-electron chi connectivity index (χ0n) is 35.8. The van der Waals surface area contributed by atoms with Gasteiger partial charge in [-0.15, -0.1) is 0 Å². The molecule has 0 aromatic rings. The molecule has 340 valence electrons. The number of hydroxylamine groups is 1. The number of carbonyl (C=O) groups excluding carboxylic acids is 9. The molecule has 2 heterocycles. The van der Waals surface area contributed by atoms with Gasteiger partial charge in [0.05, 0.1) is 25.2 Å². The van der Waals surface area contributed by atoms with Gasteiger partial charge in [-0.3, -0.25) is 43.6 Å². The third-order valence-corrected chi connectivity index (χ3v) is 12.1. The van der Waals surface area contributed by atoms with Crippen LogP contribution < -0.4 is 53.7 Å². The van der Waals surface area contributed by atoms with Gasteiger partial charge in [0.2, 0.25) is 47.3 Å². The lowest BCUT2D eigenvalue weighted by molar-refractivity contribution is -0.138. The van der Waals surface area contributed by atoms with E-state index in [2.05, 4.69) is 42.5 Å². The smallest absolute Gasteiger partial charge is 0.315 e. The minimum atomic E-state index is -1.08. The molecule has 20 nitrogen and oxygen atoms in total. The van der Waals surface area contributed by atoms with Crippen LogP contribution in [0, 0.1) is 23.7 Å². The first-order valence-electron chi connectivity index (χ1n) is 21.0. The summed E-state index contributed by atoms with van der Waals surface area (Å²) < 4.78 is 0. The topological polar surface area (TPSA) is 308 Å². The number of fused-ring (bicyclic) bond motifs is 1. The Kier molecular flexibility index (Phi) is 22.8. The highest BCUT2D eigenvalue weighted by molar-refractivity contribution is 8.00. The van der Waals surface area contributed by atoms with Crippen molar-refractivity contribution in [3.63, 3.8) is 0 Å². The Morgan fingerprint density at radius 1 is 0.783 bits per heavy atom. The van der Waals surface area contributed by atoms with E-state index in [4.69, 9.17) is 10.9 Å². The molecule has 0 spiro atoms. The highest BCUT2D eigenvalue weighted by atomic mass is 32.2. The van der Waals surface area contributed by atoms with E-state index in [0.717, 1.165) is 25.0 Å². The van der Waals surface area contributed by atoms with Crippen molar-refractivity contribution in [2.75, 3.05) is 25.4 Å². The molecule has 8 atom stereocenters. The predicted octanol–water partition coefficient (Wildman–Crippen LogP) is -0.569. The van der Waals surface area contributed by atoms with Gasteiger partial charge in [-0.25, -0.2) is 10.3 Å². The fourth-order valence-corrected chi connectivity index (χ4v) is 8.53. The van der Waals surface area contributed by atoms with Crippen molar-refractivity contribution in [3.8, 4) is 0 Å². The highest BCUT2D eigenvalue weighted by Crippen LogP contribution is 2.33. The Balaban J connectivity index is 1.74. The molecule has 12 N–H and O–H groups in total. The van der Waals surface area contributed by atoms with Crippen molar-refractivity contribution in [2.45, 2.75) is 141 Å². The summed E-state index contributed by atoms with van der Waals surface area (Å²) in [6.45, 7) is 10.1. The van der Waals surface area contributed by atoms with Gasteiger partial charge in [0, 0.05) is 36.3 Å². The molecule has 2 aliphatic rings. The van der Waals surface area contributed by atoms with Crippen molar-refractivity contribution < 1.29 is 48.4 Å². The number of nitrogens with one attached hydrogen (secondary N) is 9. The van der Waals surface area contributed by atoms with Crippen LogP contribution in [0.15, 0.2) is 0 Å². The number of primary amides is 1. The first-order chi connectivity index (χ1) is 28.4. The predicted molar refractivity (Wildman–Crippen MR) is 224 cm³/mol. The molecule has 2 aliphatic heterocycles. The molecule has 0 bridgehead atoms. The lowest BCUT2D eigenvalue weighted by Crippen LogP contribution is -2.58. The first kappa shape index (κ1) is 51.5. The molecular weight excluding hydrogens is 801 g/mol. The SMILES string of the molecule is CC[C@H](C)[C@H](NC(=O)[C@@H](NC(=O)C(CC(=O)NO)CC(C)C)C(C)C)C(=O)NCC(=O)NCC(=O)N[C@@H](CCCCNC(=O)CCCC[C@@H]1SC[C@@H]2NC(=O)N[C@@H]21)C(N)=O. The van der Waals surface area contributed by atoms with Crippen molar-refractivity contribution in [2.24, 2.45) is 29.4 Å². The van der Waals surface area contributed by atoms with Gasteiger partial charge < -0.3 is 48.3 Å². The maximum absolute atomic E-state index is 13.5. The lowest BCUT2D eigenvalue weighted by Gasteiger charge is -2.29. The van der Waals surface area contributed by atoms with Crippen LogP contribution in [0.3, 0.4) is 0 Å². The molecule has 0 radical (unpaired) electrons. The van der Waals surface area contributed by atoms with Gasteiger partial charge in [0.25, 0.3) is 0 Å². The van der Waals surface area contributed by atoms with E-state index in [1.165, 1.54) is 5.48 Å². The van der Waals surface area contributed by atoms with Crippen molar-refractivity contribution in [3.05, 3.63) is 0 Å². The Labute approximate surface area is 356 Å². The van der Waals surface area contributed by atoms with Crippen molar-refractivity contribution in [1.82, 2.24) is 48.0 Å². The van der Waals surface area contributed by atoms with Gasteiger partial charge >= 0.3 is 6.03 Å². The lowest BCUT2D eigenvalue weighted by atomic mass is 9.91. The second kappa shape index (κ2) is 26.5. The quantitative estimate of drug-likeness (QED) is 0.0205. The summed E-state index contributed by atoms with van der Waals surface area (Å²) in [5.41, 5.74) is 7.01. The summed E-state index contributed by atoms with van der Waals surface area (Å²) in [5.74, 6) is -5.46. The summed E-state index contributed by atoms with van der Waals surface area (Å²) in [6.07, 6.45) is 4.68. The summed E-state index contributed by atoms with van der Waals surface area (Å²) in [5, 5.41) is 30.8. The van der Waals surface area contributed by atoms with E-state index in [1.54, 1.807) is 20.8 Å². The van der Waals surface area contributed by atoms with Crippen LogP contribution in [0.5, 0.6) is 0 Å². The number of hydrogen-bond donors (Lipinski definition) is 11. The van der Waals surface area contributed by atoms with Gasteiger partial charge in [-0.1, -0.05) is 54.4 Å². The van der Waals surface area contributed by atoms with E-state index in [1.807, 2.05) is 32.5 Å². The number of hydrogen-bond acceptors (Lipinski definition) is 11. The van der Waals surface area contributed by atoms with Crippen LogP contribution >= 0.6 is 11.8 Å². The van der Waals surface area contributed by atoms with Gasteiger partial charge in [-0.05, 0) is 56.3 Å². The second-order valence-electron chi connectivity index (χ2n) is 16.4. The number of carbonyl (C=O) groups is 9. The molecule has 1 unspecified atom stereocenters. The zero-order chi connectivity index (χ0) is 44.9. The fourth-order valence-electron chi connectivity index (χ4n) is 6.99. The summed E-state index contributed by atoms with van der Waals surface area (Å²) >= 11 is 1.84. The van der Waals surface area contributed by atoms with Crippen LogP contribution in [0.2, 0.25) is 0 Å². The largest absolute Gasteiger partial charge is 0.368 e. The summed E-state index contributed by atoms with van der Waals surface area (Å²) in [4.78, 5) is 113. The first-order valence-corrected chi connectivity index (χ1v) is 22.0. The molecule has 0 aromatic heterocycles. The standard InChI is InChI=1S/C39H68N10O10S/c1-7-23(6)33(47-38(57)32(22(4)5)46-36(55)24(16-21(2)3)17-29(51)49-59)37(56)43-18-30(52)42-19-31(53)44-25(35(40)54)12-10-11-15-41-28(50)14-9-8-13-27-34-26(20-60-27)45-39(58)48-34/h21-27,32-34,59H,7-20H2,1-6H3,(H2,40,54)(H,41,50)(H,42,52)(H,43,56)(H,44,53)(H,46,55)(H,47,57)(H,49,51)(H2,45,48,58)/t23-,24?,25-,26-,27-,32-,33-,34-/m0/s1. The average Bonchev–Trinajstić information content (AvgIpc) is 3.75. The van der Waals surface area contributed by atoms with Crippen molar-refractivity contribution >= 4 is 65.1 Å². The number of urea groups is 1. The number of rotatable bonds is 28. The number of nitrogens with two attached hydrogens (primary N) is 1. The Hall–Kier alpha value is -4.66.